The van der Waals surface area contributed by atoms with Crippen LogP contribution >= 0.6 is 11.3 Å². The zero-order valence-electron chi connectivity index (χ0n) is 20.7. The Kier molecular flexibility index (Phi) is 5.61. The van der Waals surface area contributed by atoms with E-state index >= 15 is 0 Å². The number of thiazole rings is 1. The number of anilines is 1. The number of piperidine rings is 1. The average molecular weight is 526 g/mol. The summed E-state index contributed by atoms with van der Waals surface area (Å²) in [5.41, 5.74) is 9.82. The molecule has 5 aromatic rings. The maximum absolute atomic E-state index is 12.9. The lowest BCUT2D eigenvalue weighted by Crippen LogP contribution is -2.50. The molecule has 190 valence electrons. The number of carbonyl (C=O) groups is 1. The molecular formula is C25H23N11OS. The molecule has 6 rings (SSSR count). The largest absolute Gasteiger partial charge is 0.382 e. The smallest absolute Gasteiger partial charge is 0.291 e. The first kappa shape index (κ1) is 23.7. The van der Waals surface area contributed by atoms with Crippen LogP contribution in [0.3, 0.4) is 0 Å². The number of fused-ring (bicyclic) bond motifs is 1. The number of aromatic nitrogens is 8. The quantitative estimate of drug-likeness (QED) is 0.358. The van der Waals surface area contributed by atoms with Crippen LogP contribution in [0.2, 0.25) is 0 Å². The molecular weight excluding hydrogens is 502 g/mol. The number of nitrogen functional groups attached to an aromatic ring is 1. The van der Waals surface area contributed by atoms with Crippen LogP contribution in [-0.4, -0.2) is 63.1 Å². The number of carbonyl (C=O) groups excluding carboxylic acids is 1. The van der Waals surface area contributed by atoms with Gasteiger partial charge in [0, 0.05) is 46.9 Å². The first-order valence-corrected chi connectivity index (χ1v) is 12.9. The van der Waals surface area contributed by atoms with Crippen molar-refractivity contribution < 1.29 is 4.79 Å². The van der Waals surface area contributed by atoms with Gasteiger partial charge < -0.3 is 10.6 Å². The highest BCUT2D eigenvalue weighted by Gasteiger charge is 2.41. The Morgan fingerprint density at radius 2 is 2.16 bits per heavy atom. The molecule has 0 saturated carbocycles. The second-order valence-electron chi connectivity index (χ2n) is 9.59. The van der Waals surface area contributed by atoms with Gasteiger partial charge in [0.25, 0.3) is 5.91 Å². The van der Waals surface area contributed by atoms with Crippen molar-refractivity contribution in [1.82, 2.24) is 44.6 Å². The van der Waals surface area contributed by atoms with E-state index in [0.29, 0.717) is 36.3 Å². The lowest BCUT2D eigenvalue weighted by Gasteiger charge is -2.43. The minimum Gasteiger partial charge on any atom is -0.382 e. The molecule has 2 unspecified atom stereocenters. The highest BCUT2D eigenvalue weighted by molar-refractivity contribution is 7.13. The van der Waals surface area contributed by atoms with Crippen molar-refractivity contribution in [1.29, 1.82) is 5.26 Å². The molecule has 0 aliphatic carbocycles. The fourth-order valence-electron chi connectivity index (χ4n) is 5.21. The zero-order valence-corrected chi connectivity index (χ0v) is 21.5. The molecule has 0 aromatic carbocycles. The number of hydrogen-bond acceptors (Lipinski definition) is 10. The van der Waals surface area contributed by atoms with Crippen LogP contribution in [0.25, 0.3) is 27.5 Å². The Labute approximate surface area is 221 Å². The summed E-state index contributed by atoms with van der Waals surface area (Å²) in [6.07, 6.45) is 7.71. The third kappa shape index (κ3) is 3.77. The summed E-state index contributed by atoms with van der Waals surface area (Å²) in [5.74, 6) is 0.243. The molecule has 6 heterocycles. The normalized spacial score (nSPS) is 19.5. The maximum Gasteiger partial charge on any atom is 0.291 e. The molecule has 1 amide bonds. The molecule has 1 aliphatic rings. The van der Waals surface area contributed by atoms with E-state index in [1.807, 2.05) is 24.4 Å². The van der Waals surface area contributed by atoms with E-state index in [0.717, 1.165) is 21.8 Å². The Morgan fingerprint density at radius 1 is 1.29 bits per heavy atom. The first-order chi connectivity index (χ1) is 18.4. The van der Waals surface area contributed by atoms with Gasteiger partial charge in [-0.15, -0.1) is 11.3 Å². The molecule has 0 bridgehead atoms. The minimum absolute atomic E-state index is 0.121. The SMILES string of the molecule is CC1CC(C)(c2nc3c(-c4ccc(-c5nccs5)nc4)cnn3c(N)c2C#N)CCN1C(=O)c1ncn[nH]1. The molecule has 0 spiro atoms. The number of likely N-dealkylation sites (tertiary alicyclic amines) is 1. The first-order valence-electron chi connectivity index (χ1n) is 12.0. The van der Waals surface area contributed by atoms with Crippen LogP contribution in [0, 0.1) is 11.3 Å². The molecule has 1 aliphatic heterocycles. The molecule has 0 radical (unpaired) electrons. The third-order valence-electron chi connectivity index (χ3n) is 7.15. The molecule has 1 fully saturated rings. The number of nitriles is 1. The van der Waals surface area contributed by atoms with Crippen LogP contribution < -0.4 is 5.73 Å². The number of nitrogens with zero attached hydrogens (tertiary/aromatic N) is 9. The standard InChI is InChI=1S/C25H23N11OS/c1-14-9-25(2,5-7-35(14)24(37)21-30-13-31-34-21)19-16(10-26)20(27)36-22(33-19)17(12-32-36)15-3-4-18(29-11-15)23-28-6-8-38-23/h3-4,6,8,11-14H,5,7,9,27H2,1-2H3,(H,30,31,34). The van der Waals surface area contributed by atoms with E-state index in [-0.39, 0.29) is 23.6 Å². The van der Waals surface area contributed by atoms with Gasteiger partial charge in [0.15, 0.2) is 5.65 Å². The summed E-state index contributed by atoms with van der Waals surface area (Å²) in [6, 6.07) is 6.00. The third-order valence-corrected chi connectivity index (χ3v) is 7.95. The lowest BCUT2D eigenvalue weighted by molar-refractivity contribution is 0.0536. The van der Waals surface area contributed by atoms with Gasteiger partial charge in [-0.05, 0) is 25.8 Å². The summed E-state index contributed by atoms with van der Waals surface area (Å²) < 4.78 is 1.50. The number of aromatic amines is 1. The van der Waals surface area contributed by atoms with E-state index in [9.17, 15) is 10.1 Å². The van der Waals surface area contributed by atoms with Crippen LogP contribution in [-0.2, 0) is 5.41 Å². The van der Waals surface area contributed by atoms with Crippen LogP contribution in [0.5, 0.6) is 0 Å². The minimum atomic E-state index is -0.493. The van der Waals surface area contributed by atoms with Gasteiger partial charge in [0.2, 0.25) is 5.82 Å². The predicted molar refractivity (Wildman–Crippen MR) is 140 cm³/mol. The number of rotatable bonds is 4. The van der Waals surface area contributed by atoms with E-state index in [4.69, 9.17) is 10.7 Å². The fraction of sp³-hybridized carbons (Fsp3) is 0.280. The number of nitrogens with two attached hydrogens (primary N) is 1. The van der Waals surface area contributed by atoms with Crippen molar-refractivity contribution in [2.24, 2.45) is 0 Å². The van der Waals surface area contributed by atoms with Gasteiger partial charge in [-0.3, -0.25) is 14.9 Å². The summed E-state index contributed by atoms with van der Waals surface area (Å²) in [5, 5.41) is 23.7. The summed E-state index contributed by atoms with van der Waals surface area (Å²) in [6.45, 7) is 4.53. The topological polar surface area (TPSA) is 168 Å². The lowest BCUT2D eigenvalue weighted by atomic mass is 9.73. The van der Waals surface area contributed by atoms with Crippen molar-refractivity contribution in [2.75, 3.05) is 12.3 Å². The van der Waals surface area contributed by atoms with Crippen molar-refractivity contribution in [3.8, 4) is 27.9 Å². The van der Waals surface area contributed by atoms with Gasteiger partial charge in [-0.25, -0.2) is 15.0 Å². The monoisotopic (exact) mass is 525 g/mol. The molecule has 1 saturated heterocycles. The Hall–Kier alpha value is -4.70. The van der Waals surface area contributed by atoms with Crippen LogP contribution in [0.1, 0.15) is 48.6 Å². The van der Waals surface area contributed by atoms with Crippen molar-refractivity contribution in [2.45, 2.75) is 38.1 Å². The average Bonchev–Trinajstić information content (AvgIpc) is 3.71. The van der Waals surface area contributed by atoms with Gasteiger partial charge >= 0.3 is 0 Å². The predicted octanol–water partition coefficient (Wildman–Crippen LogP) is 3.07. The highest BCUT2D eigenvalue weighted by Crippen LogP contribution is 2.41. The zero-order chi connectivity index (χ0) is 26.4. The number of nitrogens with one attached hydrogen (secondary N) is 1. The molecule has 13 heteroatoms. The fourth-order valence-corrected chi connectivity index (χ4v) is 5.82. The Balaban J connectivity index is 1.38. The summed E-state index contributed by atoms with van der Waals surface area (Å²) in [4.78, 5) is 32.6. The van der Waals surface area contributed by atoms with Crippen LogP contribution in [0.15, 0.2) is 42.4 Å². The second-order valence-corrected chi connectivity index (χ2v) is 10.5. The van der Waals surface area contributed by atoms with Gasteiger partial charge in [0.05, 0.1) is 17.6 Å². The molecule has 3 N–H and O–H groups in total. The molecule has 38 heavy (non-hydrogen) atoms. The van der Waals surface area contributed by atoms with Gasteiger partial charge in [0.1, 0.15) is 28.8 Å². The second kappa shape index (κ2) is 9.00. The van der Waals surface area contributed by atoms with E-state index < -0.39 is 5.41 Å². The highest BCUT2D eigenvalue weighted by atomic mass is 32.1. The maximum atomic E-state index is 12.9. The number of pyridine rings is 1. The number of hydrogen-bond donors (Lipinski definition) is 2. The van der Waals surface area contributed by atoms with Crippen LogP contribution in [0.4, 0.5) is 5.82 Å². The number of H-pyrrole nitrogens is 1. The number of amides is 1. The van der Waals surface area contributed by atoms with Crippen molar-refractivity contribution in [3.63, 3.8) is 0 Å². The van der Waals surface area contributed by atoms with Crippen molar-refractivity contribution >= 4 is 28.7 Å². The van der Waals surface area contributed by atoms with Crippen molar-refractivity contribution in [3.05, 3.63) is 59.5 Å². The Bertz CT molecular complexity index is 1670. The van der Waals surface area contributed by atoms with Gasteiger partial charge in [-0.2, -0.15) is 20.0 Å². The van der Waals surface area contributed by atoms with E-state index in [1.54, 1.807) is 23.5 Å². The molecule has 5 aromatic heterocycles. The van der Waals surface area contributed by atoms with E-state index in [1.165, 1.54) is 22.2 Å². The van der Waals surface area contributed by atoms with Gasteiger partial charge in [-0.1, -0.05) is 13.0 Å². The molecule has 2 atom stereocenters. The van der Waals surface area contributed by atoms with E-state index in [2.05, 4.69) is 43.2 Å². The summed E-state index contributed by atoms with van der Waals surface area (Å²) in [7, 11) is 0. The molecule has 12 nitrogen and oxygen atoms in total. The Morgan fingerprint density at radius 3 is 2.82 bits per heavy atom. The summed E-state index contributed by atoms with van der Waals surface area (Å²) >= 11 is 1.52.